The van der Waals surface area contributed by atoms with Crippen molar-refractivity contribution in [2.45, 2.75) is 36.7 Å². The van der Waals surface area contributed by atoms with Crippen LogP contribution in [0.1, 0.15) is 23.5 Å². The minimum absolute atomic E-state index is 0.243. The maximum absolute atomic E-state index is 12.1. The highest BCUT2D eigenvalue weighted by Gasteiger charge is 2.21. The molecule has 0 bridgehead atoms. The second-order valence-corrected chi connectivity index (χ2v) is 7.66. The van der Waals surface area contributed by atoms with Crippen LogP contribution in [0, 0.1) is 0 Å². The molecule has 1 fully saturated rings. The molecule has 2 aromatic heterocycles. The summed E-state index contributed by atoms with van der Waals surface area (Å²) in [6.45, 7) is 0.973. The molecule has 2 N–H and O–H groups in total. The molecular weight excluding hydrogens is 312 g/mol. The molecular formula is C12H16N4O3S2. The van der Waals surface area contributed by atoms with E-state index in [2.05, 4.69) is 24.7 Å². The summed E-state index contributed by atoms with van der Waals surface area (Å²) >= 11 is 1.46. The predicted octanol–water partition coefficient (Wildman–Crippen LogP) is 0.904. The van der Waals surface area contributed by atoms with Gasteiger partial charge in [-0.25, -0.2) is 13.1 Å². The van der Waals surface area contributed by atoms with Crippen molar-refractivity contribution >= 4 is 21.4 Å². The van der Waals surface area contributed by atoms with Gasteiger partial charge in [0, 0.05) is 35.8 Å². The van der Waals surface area contributed by atoms with Crippen LogP contribution in [0.4, 0.5) is 0 Å². The topological polar surface area (TPSA) is 97.1 Å². The van der Waals surface area contributed by atoms with Crippen molar-refractivity contribution in [3.05, 3.63) is 28.5 Å². The molecule has 7 nitrogen and oxygen atoms in total. The molecule has 1 saturated carbocycles. The van der Waals surface area contributed by atoms with Crippen LogP contribution in [0.2, 0.25) is 0 Å². The summed E-state index contributed by atoms with van der Waals surface area (Å²) in [5.41, 5.74) is 0. The maximum atomic E-state index is 12.1. The molecule has 2 heterocycles. The molecule has 0 spiro atoms. The number of thiophene rings is 1. The van der Waals surface area contributed by atoms with Gasteiger partial charge in [0.05, 0.1) is 4.90 Å². The Balaban J connectivity index is 1.53. The summed E-state index contributed by atoms with van der Waals surface area (Å²) in [5.74, 6) is 0.484. The van der Waals surface area contributed by atoms with Crippen molar-refractivity contribution < 1.29 is 12.9 Å². The van der Waals surface area contributed by atoms with Crippen molar-refractivity contribution in [3.63, 3.8) is 0 Å². The summed E-state index contributed by atoms with van der Waals surface area (Å²) in [7, 11) is -3.47. The van der Waals surface area contributed by atoms with Crippen LogP contribution in [-0.2, 0) is 23.0 Å². The lowest BCUT2D eigenvalue weighted by atomic mass is 10.4. The molecule has 2 aromatic rings. The number of nitrogens with one attached hydrogen (secondary N) is 2. The summed E-state index contributed by atoms with van der Waals surface area (Å²) in [6, 6.07) is 2.33. The van der Waals surface area contributed by atoms with E-state index < -0.39 is 10.0 Å². The van der Waals surface area contributed by atoms with Crippen molar-refractivity contribution in [1.29, 1.82) is 0 Å². The van der Waals surface area contributed by atoms with Gasteiger partial charge in [0.2, 0.25) is 16.4 Å². The van der Waals surface area contributed by atoms with Gasteiger partial charge in [-0.15, -0.1) is 11.3 Å². The summed E-state index contributed by atoms with van der Waals surface area (Å²) in [6.07, 6.45) is 4.06. The smallest absolute Gasteiger partial charge is 0.241 e. The largest absolute Gasteiger partial charge is 0.343 e. The lowest BCUT2D eigenvalue weighted by molar-refractivity contribution is 0.410. The SMILES string of the molecule is O=S(=O)(NCCc1ncon1)c1csc(CNC2CC2)c1. The van der Waals surface area contributed by atoms with Crippen LogP contribution in [0.5, 0.6) is 0 Å². The third kappa shape index (κ3) is 4.10. The average molecular weight is 328 g/mol. The second kappa shape index (κ2) is 6.22. The first-order valence-electron chi connectivity index (χ1n) is 6.69. The minimum atomic E-state index is -3.47. The molecule has 1 aliphatic carbocycles. The third-order valence-corrected chi connectivity index (χ3v) is 5.66. The van der Waals surface area contributed by atoms with Gasteiger partial charge < -0.3 is 9.84 Å². The Hall–Kier alpha value is -1.29. The molecule has 0 aliphatic heterocycles. The highest BCUT2D eigenvalue weighted by atomic mass is 32.2. The van der Waals surface area contributed by atoms with E-state index >= 15 is 0 Å². The van der Waals surface area contributed by atoms with E-state index in [1.807, 2.05) is 0 Å². The van der Waals surface area contributed by atoms with E-state index in [-0.39, 0.29) is 6.54 Å². The normalized spacial score (nSPS) is 15.4. The molecule has 0 atom stereocenters. The number of aromatic nitrogens is 2. The monoisotopic (exact) mass is 328 g/mol. The van der Waals surface area contributed by atoms with E-state index in [4.69, 9.17) is 0 Å². The molecule has 0 unspecified atom stereocenters. The Kier molecular flexibility index (Phi) is 4.34. The maximum Gasteiger partial charge on any atom is 0.241 e. The molecule has 3 rings (SSSR count). The Labute approximate surface area is 126 Å². The Morgan fingerprint density at radius 2 is 2.29 bits per heavy atom. The van der Waals surface area contributed by atoms with Crippen LogP contribution in [0.25, 0.3) is 0 Å². The number of nitrogens with zero attached hydrogens (tertiary/aromatic N) is 2. The van der Waals surface area contributed by atoms with E-state index in [1.54, 1.807) is 11.4 Å². The van der Waals surface area contributed by atoms with Crippen LogP contribution < -0.4 is 10.0 Å². The Morgan fingerprint density at radius 3 is 3.00 bits per heavy atom. The first kappa shape index (κ1) is 14.6. The van der Waals surface area contributed by atoms with Gasteiger partial charge in [-0.05, 0) is 18.9 Å². The molecule has 1 aliphatic rings. The van der Waals surface area contributed by atoms with Crippen molar-refractivity contribution in [2.24, 2.45) is 0 Å². The zero-order chi connectivity index (χ0) is 14.7. The van der Waals surface area contributed by atoms with Gasteiger partial charge in [-0.1, -0.05) is 5.16 Å². The molecule has 21 heavy (non-hydrogen) atoms. The second-order valence-electron chi connectivity index (χ2n) is 4.90. The summed E-state index contributed by atoms with van der Waals surface area (Å²) < 4.78 is 31.4. The zero-order valence-corrected chi connectivity index (χ0v) is 12.9. The van der Waals surface area contributed by atoms with Crippen LogP contribution in [0.15, 0.2) is 27.3 Å². The number of rotatable bonds is 8. The molecule has 0 aromatic carbocycles. The van der Waals surface area contributed by atoms with E-state index in [1.165, 1.54) is 30.6 Å². The van der Waals surface area contributed by atoms with Crippen LogP contribution >= 0.6 is 11.3 Å². The van der Waals surface area contributed by atoms with Crippen molar-refractivity contribution in [2.75, 3.05) is 6.54 Å². The molecule has 114 valence electrons. The highest BCUT2D eigenvalue weighted by Crippen LogP contribution is 2.22. The third-order valence-electron chi connectivity index (χ3n) is 3.13. The number of hydrogen-bond acceptors (Lipinski definition) is 7. The zero-order valence-electron chi connectivity index (χ0n) is 11.3. The first-order chi connectivity index (χ1) is 10.1. The van der Waals surface area contributed by atoms with Crippen LogP contribution in [-0.4, -0.2) is 31.1 Å². The fourth-order valence-corrected chi connectivity index (χ4v) is 4.07. The quantitative estimate of drug-likeness (QED) is 0.747. The summed E-state index contributed by atoms with van der Waals surface area (Å²) in [4.78, 5) is 5.18. The number of sulfonamides is 1. The molecule has 0 saturated heterocycles. The average Bonchev–Trinajstić information content (AvgIpc) is 2.93. The van der Waals surface area contributed by atoms with Gasteiger partial charge in [0.25, 0.3) is 0 Å². The van der Waals surface area contributed by atoms with Gasteiger partial charge in [-0.3, -0.25) is 0 Å². The van der Waals surface area contributed by atoms with Gasteiger partial charge in [0.15, 0.2) is 5.82 Å². The van der Waals surface area contributed by atoms with Crippen molar-refractivity contribution in [1.82, 2.24) is 20.2 Å². The van der Waals surface area contributed by atoms with E-state index in [9.17, 15) is 8.42 Å². The standard InChI is InChI=1S/C12H16N4O3S2/c17-21(18,15-4-3-12-14-8-19-16-12)11-5-10(20-7-11)6-13-9-1-2-9/h5,7-9,13,15H,1-4,6H2. The first-order valence-corrected chi connectivity index (χ1v) is 9.05. The van der Waals surface area contributed by atoms with E-state index in [0.717, 1.165) is 11.4 Å². The van der Waals surface area contributed by atoms with Gasteiger partial charge >= 0.3 is 0 Å². The van der Waals surface area contributed by atoms with Crippen LogP contribution in [0.3, 0.4) is 0 Å². The fraction of sp³-hybridized carbons (Fsp3) is 0.500. The highest BCUT2D eigenvalue weighted by molar-refractivity contribution is 7.89. The summed E-state index contributed by atoms with van der Waals surface area (Å²) in [5, 5.41) is 8.67. The fourth-order valence-electron chi connectivity index (χ4n) is 1.81. The lowest BCUT2D eigenvalue weighted by Crippen LogP contribution is -2.25. The molecule has 0 amide bonds. The molecule has 9 heteroatoms. The predicted molar refractivity (Wildman–Crippen MR) is 77.4 cm³/mol. The Morgan fingerprint density at radius 1 is 1.43 bits per heavy atom. The Bertz CT molecular complexity index is 677. The van der Waals surface area contributed by atoms with E-state index in [0.29, 0.717) is 23.2 Å². The van der Waals surface area contributed by atoms with Gasteiger partial charge in [-0.2, -0.15) is 4.98 Å². The van der Waals surface area contributed by atoms with Crippen molar-refractivity contribution in [3.8, 4) is 0 Å². The molecule has 0 radical (unpaired) electrons. The lowest BCUT2D eigenvalue weighted by Gasteiger charge is -2.03. The van der Waals surface area contributed by atoms with Gasteiger partial charge in [0.1, 0.15) is 0 Å². The minimum Gasteiger partial charge on any atom is -0.343 e. The number of hydrogen-bond donors (Lipinski definition) is 2.